The zero-order valence-electron chi connectivity index (χ0n) is 25.3. The van der Waals surface area contributed by atoms with E-state index in [2.05, 4.69) is 47.0 Å². The van der Waals surface area contributed by atoms with Gasteiger partial charge in [-0.3, -0.25) is 9.59 Å². The fourth-order valence-electron chi connectivity index (χ4n) is 3.52. The summed E-state index contributed by atoms with van der Waals surface area (Å²) in [5.41, 5.74) is 4.44. The van der Waals surface area contributed by atoms with Gasteiger partial charge in [0.05, 0.1) is 18.6 Å². The predicted molar refractivity (Wildman–Crippen MR) is 164 cm³/mol. The van der Waals surface area contributed by atoms with Crippen molar-refractivity contribution in [1.82, 2.24) is 5.32 Å². The van der Waals surface area contributed by atoms with Crippen LogP contribution in [0.25, 0.3) is 0 Å². The van der Waals surface area contributed by atoms with Crippen LogP contribution in [-0.4, -0.2) is 45.0 Å². The lowest BCUT2D eigenvalue weighted by molar-refractivity contribution is -0.127. The van der Waals surface area contributed by atoms with Crippen molar-refractivity contribution >= 4 is 35.2 Å². The maximum absolute atomic E-state index is 12.2. The Hall–Kier alpha value is -3.59. The van der Waals surface area contributed by atoms with Crippen molar-refractivity contribution in [2.75, 3.05) is 42.8 Å². The van der Waals surface area contributed by atoms with E-state index in [1.54, 1.807) is 25.6 Å². The number of hydrogen-bond acceptors (Lipinski definition) is 7. The lowest BCUT2D eigenvalue weighted by Gasteiger charge is -2.25. The van der Waals surface area contributed by atoms with E-state index >= 15 is 0 Å². The summed E-state index contributed by atoms with van der Waals surface area (Å²) in [6.45, 7) is 16.3. The molecule has 40 heavy (non-hydrogen) atoms. The molecule has 0 saturated carbocycles. The molecule has 2 aromatic rings. The van der Waals surface area contributed by atoms with Crippen LogP contribution in [-0.2, 0) is 14.3 Å². The normalized spacial score (nSPS) is 13.9. The maximum Gasteiger partial charge on any atom is 0.233 e. The molecule has 0 fully saturated rings. The lowest BCUT2D eigenvalue weighted by atomic mass is 9.97. The molecule has 220 valence electrons. The van der Waals surface area contributed by atoms with Gasteiger partial charge in [-0.25, -0.2) is 4.99 Å². The van der Waals surface area contributed by atoms with Gasteiger partial charge in [0.15, 0.2) is 0 Å². The Morgan fingerprint density at radius 2 is 1.70 bits per heavy atom. The molecular formula is C31H47N5O4. The van der Waals surface area contributed by atoms with Crippen molar-refractivity contribution < 1.29 is 19.1 Å². The van der Waals surface area contributed by atoms with Crippen molar-refractivity contribution in [2.45, 2.75) is 67.5 Å². The average molecular weight is 554 g/mol. The van der Waals surface area contributed by atoms with Crippen molar-refractivity contribution in [3.8, 4) is 5.75 Å². The second kappa shape index (κ2) is 15.9. The number of benzene rings is 2. The Labute approximate surface area is 239 Å². The molecular weight excluding hydrogens is 506 g/mol. The van der Waals surface area contributed by atoms with Gasteiger partial charge in [-0.2, -0.15) is 0 Å². The molecule has 0 saturated heterocycles. The minimum Gasteiger partial charge on any atom is -0.491 e. The van der Waals surface area contributed by atoms with Crippen LogP contribution in [0.3, 0.4) is 0 Å². The van der Waals surface area contributed by atoms with E-state index in [0.717, 1.165) is 34.2 Å². The maximum atomic E-state index is 12.2. The number of nitrogens with one attached hydrogen (secondary N) is 4. The zero-order valence-corrected chi connectivity index (χ0v) is 25.3. The van der Waals surface area contributed by atoms with E-state index in [0.29, 0.717) is 25.4 Å². The van der Waals surface area contributed by atoms with Gasteiger partial charge in [-0.15, -0.1) is 0 Å². The Morgan fingerprint density at radius 3 is 2.30 bits per heavy atom. The largest absolute Gasteiger partial charge is 0.491 e. The van der Waals surface area contributed by atoms with E-state index in [1.165, 1.54) is 6.42 Å². The Balaban J connectivity index is 0.00000103. The number of hydrogen-bond donors (Lipinski definition) is 4. The Bertz CT molecular complexity index is 1120. The third kappa shape index (κ3) is 11.7. The minimum absolute atomic E-state index is 0.0351. The van der Waals surface area contributed by atoms with E-state index in [4.69, 9.17) is 9.47 Å². The number of aliphatic imine (C=N–C) groups is 1. The van der Waals surface area contributed by atoms with Gasteiger partial charge < -0.3 is 30.7 Å². The molecule has 2 aromatic carbocycles. The topological polar surface area (TPSA) is 113 Å². The number of amides is 2. The number of rotatable bonds is 11. The number of aryl methyl sites for hydroxylation is 1. The first-order valence-electron chi connectivity index (χ1n) is 13.9. The molecule has 4 N–H and O–H groups in total. The molecule has 1 atom stereocenters. The summed E-state index contributed by atoms with van der Waals surface area (Å²) in [7, 11) is 1.64. The number of carbonyl (C=O) groups is 2. The molecule has 0 radical (unpaired) electrons. The molecule has 0 bridgehead atoms. The van der Waals surface area contributed by atoms with Crippen LogP contribution < -0.4 is 26.0 Å². The molecule has 2 amide bonds. The molecule has 1 aliphatic heterocycles. The van der Waals surface area contributed by atoms with Crippen LogP contribution in [0.15, 0.2) is 41.4 Å². The van der Waals surface area contributed by atoms with Gasteiger partial charge in [0.2, 0.25) is 11.8 Å². The summed E-state index contributed by atoms with van der Waals surface area (Å²) >= 11 is 0. The van der Waals surface area contributed by atoms with Crippen molar-refractivity contribution in [3.63, 3.8) is 0 Å². The van der Waals surface area contributed by atoms with Gasteiger partial charge in [0.25, 0.3) is 0 Å². The summed E-state index contributed by atoms with van der Waals surface area (Å²) in [4.78, 5) is 28.7. The van der Waals surface area contributed by atoms with Crippen molar-refractivity contribution in [1.29, 1.82) is 0 Å². The second-order valence-corrected chi connectivity index (χ2v) is 11.5. The number of carbonyl (C=O) groups excluding carboxylic acids is 2. The number of anilines is 3. The van der Waals surface area contributed by atoms with Crippen LogP contribution in [0.2, 0.25) is 0 Å². The number of methoxy groups -OCH3 is 1. The van der Waals surface area contributed by atoms with Gasteiger partial charge in [0, 0.05) is 36.7 Å². The van der Waals surface area contributed by atoms with Crippen molar-refractivity contribution in [2.24, 2.45) is 16.3 Å². The lowest BCUT2D eigenvalue weighted by Crippen LogP contribution is -2.34. The number of ether oxygens (including phenoxy) is 2. The van der Waals surface area contributed by atoms with Crippen LogP contribution in [0.1, 0.15) is 71.7 Å². The monoisotopic (exact) mass is 553 g/mol. The fourth-order valence-corrected chi connectivity index (χ4v) is 3.52. The molecule has 3 rings (SSSR count). The van der Waals surface area contributed by atoms with Gasteiger partial charge in [-0.05, 0) is 54.2 Å². The first-order valence-corrected chi connectivity index (χ1v) is 13.9. The summed E-state index contributed by atoms with van der Waals surface area (Å²) in [5, 5.41) is 12.2. The highest BCUT2D eigenvalue weighted by Crippen LogP contribution is 2.35. The van der Waals surface area contributed by atoms with Crippen LogP contribution >= 0.6 is 0 Å². The standard InChI is InChI=1S/C26H35N5O4.C5H12/c1-17-12-20(35-11-10-34-5)13-21-24(17)25(29-16-28-21)31-19-8-6-18(7-9-19)30-23(33)14-22(32)27-15-26(2,3)4;1-4-5(2)3/h6-9,12-13,16,25,31H,10-11,14-15H2,1-5H3,(H,27,32)(H,28,29)(H,30,33);5H,4H2,1-3H3. The third-order valence-corrected chi connectivity index (χ3v) is 6.06. The predicted octanol–water partition coefficient (Wildman–Crippen LogP) is 6.13. The minimum atomic E-state index is -0.354. The van der Waals surface area contributed by atoms with Gasteiger partial charge in [-0.1, -0.05) is 48.0 Å². The summed E-state index contributed by atoms with van der Waals surface area (Å²) in [5.74, 6) is 1.01. The SMILES string of the molecule is CCC(C)C.COCCOc1cc(C)c2c(c1)NC=NC2Nc1ccc(NC(=O)CC(=O)NCC(C)(C)C)cc1. The first kappa shape index (κ1) is 32.6. The molecule has 1 aliphatic rings. The van der Waals surface area contributed by atoms with E-state index in [-0.39, 0.29) is 29.8 Å². The first-order chi connectivity index (χ1) is 18.9. The number of fused-ring (bicyclic) bond motifs is 1. The second-order valence-electron chi connectivity index (χ2n) is 11.5. The molecule has 0 aliphatic carbocycles. The quantitative estimate of drug-likeness (QED) is 0.197. The summed E-state index contributed by atoms with van der Waals surface area (Å²) < 4.78 is 10.8. The average Bonchev–Trinajstić information content (AvgIpc) is 2.88. The van der Waals surface area contributed by atoms with Crippen LogP contribution in [0, 0.1) is 18.3 Å². The highest BCUT2D eigenvalue weighted by Gasteiger charge is 2.21. The Kier molecular flexibility index (Phi) is 12.9. The van der Waals surface area contributed by atoms with Crippen molar-refractivity contribution in [3.05, 3.63) is 47.5 Å². The highest BCUT2D eigenvalue weighted by atomic mass is 16.5. The van der Waals surface area contributed by atoms with Crippen LogP contribution in [0.4, 0.5) is 17.1 Å². The van der Waals surface area contributed by atoms with Crippen LogP contribution in [0.5, 0.6) is 5.75 Å². The molecule has 1 heterocycles. The highest BCUT2D eigenvalue weighted by molar-refractivity contribution is 6.03. The molecule has 1 unspecified atom stereocenters. The third-order valence-electron chi connectivity index (χ3n) is 6.06. The van der Waals surface area contributed by atoms with Gasteiger partial charge >= 0.3 is 0 Å². The van der Waals surface area contributed by atoms with E-state index in [9.17, 15) is 9.59 Å². The molecule has 9 heteroatoms. The van der Waals surface area contributed by atoms with Gasteiger partial charge in [0.1, 0.15) is 24.9 Å². The summed E-state index contributed by atoms with van der Waals surface area (Å²) in [6.07, 6.45) is 2.48. The summed E-state index contributed by atoms with van der Waals surface area (Å²) in [6, 6.07) is 11.3. The molecule has 0 aromatic heterocycles. The molecule has 0 spiro atoms. The van der Waals surface area contributed by atoms with E-state index in [1.807, 2.05) is 52.0 Å². The molecule has 9 nitrogen and oxygen atoms in total. The smallest absolute Gasteiger partial charge is 0.233 e. The van der Waals surface area contributed by atoms with E-state index < -0.39 is 0 Å². The number of nitrogens with zero attached hydrogens (tertiary/aromatic N) is 1. The fraction of sp³-hybridized carbons (Fsp3) is 0.516. The zero-order chi connectivity index (χ0) is 29.7. The Morgan fingerprint density at radius 1 is 1.05 bits per heavy atom.